The highest BCUT2D eigenvalue weighted by atomic mass is 35.5. The van der Waals surface area contributed by atoms with Crippen LogP contribution in [0.15, 0.2) is 0 Å². The fourth-order valence-electron chi connectivity index (χ4n) is 3.34. The van der Waals surface area contributed by atoms with Gasteiger partial charge in [-0.2, -0.15) is 0 Å². The second-order valence-corrected chi connectivity index (χ2v) is 7.75. The van der Waals surface area contributed by atoms with Crippen molar-refractivity contribution in [3.8, 4) is 0 Å². The highest BCUT2D eigenvalue weighted by Gasteiger charge is 2.37. The van der Waals surface area contributed by atoms with Gasteiger partial charge in [0.1, 0.15) is 0 Å². The molecule has 0 aliphatic heterocycles. The van der Waals surface area contributed by atoms with Crippen molar-refractivity contribution >= 4 is 11.6 Å². The van der Waals surface area contributed by atoms with Gasteiger partial charge in [-0.15, -0.1) is 11.6 Å². The van der Waals surface area contributed by atoms with E-state index in [0.717, 1.165) is 24.8 Å². The first-order valence-electron chi connectivity index (χ1n) is 8.06. The molecule has 0 amide bonds. The molecule has 0 unspecified atom stereocenters. The average molecular weight is 305 g/mol. The van der Waals surface area contributed by atoms with Crippen molar-refractivity contribution in [2.75, 3.05) is 32.8 Å². The first kappa shape index (κ1) is 18.3. The van der Waals surface area contributed by atoms with Crippen LogP contribution >= 0.6 is 11.6 Å². The molecule has 0 aromatic heterocycles. The van der Waals surface area contributed by atoms with Crippen LogP contribution < -0.4 is 0 Å². The zero-order valence-electron chi connectivity index (χ0n) is 13.8. The second-order valence-electron chi connectivity index (χ2n) is 7.48. The van der Waals surface area contributed by atoms with Crippen molar-refractivity contribution < 1.29 is 9.47 Å². The topological polar surface area (TPSA) is 18.5 Å². The Morgan fingerprint density at radius 2 is 1.75 bits per heavy atom. The van der Waals surface area contributed by atoms with Gasteiger partial charge in [-0.3, -0.25) is 0 Å². The fourth-order valence-corrected chi connectivity index (χ4v) is 3.74. The molecule has 0 bridgehead atoms. The van der Waals surface area contributed by atoms with E-state index in [2.05, 4.69) is 20.8 Å². The van der Waals surface area contributed by atoms with Gasteiger partial charge >= 0.3 is 0 Å². The molecular weight excluding hydrogens is 272 g/mol. The van der Waals surface area contributed by atoms with Gasteiger partial charge in [0.25, 0.3) is 0 Å². The van der Waals surface area contributed by atoms with Crippen LogP contribution in [0.4, 0.5) is 0 Å². The molecule has 1 fully saturated rings. The van der Waals surface area contributed by atoms with E-state index in [-0.39, 0.29) is 0 Å². The van der Waals surface area contributed by atoms with Crippen LogP contribution in [-0.2, 0) is 9.47 Å². The van der Waals surface area contributed by atoms with E-state index in [1.807, 2.05) is 0 Å². The van der Waals surface area contributed by atoms with Crippen LogP contribution in [-0.4, -0.2) is 32.8 Å². The second kappa shape index (κ2) is 8.60. The van der Waals surface area contributed by atoms with Gasteiger partial charge in [0, 0.05) is 19.6 Å². The molecular formula is C17H33ClO2. The SMILES string of the molecule is COCCOCCCC1(CCl)CCC(C(C)(C)C)CC1. The normalized spacial score (nSPS) is 27.8. The molecule has 0 aromatic carbocycles. The largest absolute Gasteiger partial charge is 0.382 e. The smallest absolute Gasteiger partial charge is 0.0700 e. The summed E-state index contributed by atoms with van der Waals surface area (Å²) in [6, 6.07) is 0. The average Bonchev–Trinajstić information content (AvgIpc) is 2.42. The van der Waals surface area contributed by atoms with E-state index < -0.39 is 0 Å². The quantitative estimate of drug-likeness (QED) is 0.469. The monoisotopic (exact) mass is 304 g/mol. The van der Waals surface area contributed by atoms with Crippen LogP contribution in [0.1, 0.15) is 59.3 Å². The molecule has 0 atom stereocenters. The summed E-state index contributed by atoms with van der Waals surface area (Å²) in [6.07, 6.45) is 7.57. The molecule has 0 saturated heterocycles. The zero-order chi connectivity index (χ0) is 15.1. The number of methoxy groups -OCH3 is 1. The van der Waals surface area contributed by atoms with Crippen LogP contribution in [0.2, 0.25) is 0 Å². The van der Waals surface area contributed by atoms with E-state index >= 15 is 0 Å². The molecule has 3 heteroatoms. The third-order valence-corrected chi connectivity index (χ3v) is 5.55. The van der Waals surface area contributed by atoms with E-state index in [1.165, 1.54) is 32.1 Å². The van der Waals surface area contributed by atoms with Crippen molar-refractivity contribution in [1.29, 1.82) is 0 Å². The summed E-state index contributed by atoms with van der Waals surface area (Å²) in [5, 5.41) is 0. The predicted octanol–water partition coefficient (Wildman–Crippen LogP) is 4.89. The minimum atomic E-state index is 0.369. The van der Waals surface area contributed by atoms with Gasteiger partial charge in [0.2, 0.25) is 0 Å². The van der Waals surface area contributed by atoms with E-state index in [1.54, 1.807) is 7.11 Å². The van der Waals surface area contributed by atoms with Crippen molar-refractivity contribution in [2.24, 2.45) is 16.7 Å². The van der Waals surface area contributed by atoms with Gasteiger partial charge in [0.05, 0.1) is 13.2 Å². The minimum absolute atomic E-state index is 0.369. The van der Waals surface area contributed by atoms with Crippen molar-refractivity contribution in [1.82, 2.24) is 0 Å². The summed E-state index contributed by atoms with van der Waals surface area (Å²) in [4.78, 5) is 0. The first-order chi connectivity index (χ1) is 9.43. The molecule has 0 N–H and O–H groups in total. The highest BCUT2D eigenvalue weighted by molar-refractivity contribution is 6.18. The van der Waals surface area contributed by atoms with E-state index in [4.69, 9.17) is 21.1 Å². The number of alkyl halides is 1. The van der Waals surface area contributed by atoms with Crippen LogP contribution in [0, 0.1) is 16.7 Å². The summed E-state index contributed by atoms with van der Waals surface area (Å²) in [7, 11) is 1.71. The third-order valence-electron chi connectivity index (χ3n) is 4.98. The maximum absolute atomic E-state index is 6.30. The summed E-state index contributed by atoms with van der Waals surface area (Å²) in [5.41, 5.74) is 0.815. The van der Waals surface area contributed by atoms with Gasteiger partial charge in [-0.05, 0) is 55.3 Å². The number of rotatable bonds is 8. The van der Waals surface area contributed by atoms with Crippen molar-refractivity contribution in [2.45, 2.75) is 59.3 Å². The zero-order valence-corrected chi connectivity index (χ0v) is 14.6. The van der Waals surface area contributed by atoms with Crippen molar-refractivity contribution in [3.63, 3.8) is 0 Å². The number of hydrogen-bond donors (Lipinski definition) is 0. The van der Waals surface area contributed by atoms with Gasteiger partial charge in [0.15, 0.2) is 0 Å². The van der Waals surface area contributed by atoms with E-state index in [9.17, 15) is 0 Å². The molecule has 1 saturated carbocycles. The standard InChI is InChI=1S/C17H33ClO2/c1-16(2,3)15-6-9-17(14-18,10-7-15)8-5-11-20-13-12-19-4/h15H,5-14H2,1-4H3. The Morgan fingerprint density at radius 1 is 1.10 bits per heavy atom. The lowest BCUT2D eigenvalue weighted by Gasteiger charge is -2.43. The molecule has 2 nitrogen and oxygen atoms in total. The molecule has 20 heavy (non-hydrogen) atoms. The Balaban J connectivity index is 2.28. The fraction of sp³-hybridized carbons (Fsp3) is 1.00. The molecule has 0 heterocycles. The third kappa shape index (κ3) is 5.91. The molecule has 1 rings (SSSR count). The Hall–Kier alpha value is 0.210. The Kier molecular flexibility index (Phi) is 7.86. The molecule has 1 aliphatic rings. The van der Waals surface area contributed by atoms with Gasteiger partial charge in [-0.25, -0.2) is 0 Å². The molecule has 0 radical (unpaired) electrons. The number of halogens is 1. The minimum Gasteiger partial charge on any atom is -0.382 e. The lowest BCUT2D eigenvalue weighted by molar-refractivity contribution is 0.0540. The Bertz CT molecular complexity index is 252. The first-order valence-corrected chi connectivity index (χ1v) is 8.60. The molecule has 1 aliphatic carbocycles. The summed E-state index contributed by atoms with van der Waals surface area (Å²) < 4.78 is 10.5. The van der Waals surface area contributed by atoms with Crippen LogP contribution in [0.3, 0.4) is 0 Å². The Labute approximate surface area is 130 Å². The maximum Gasteiger partial charge on any atom is 0.0700 e. The highest BCUT2D eigenvalue weighted by Crippen LogP contribution is 2.48. The summed E-state index contributed by atoms with van der Waals surface area (Å²) >= 11 is 6.30. The summed E-state index contributed by atoms with van der Waals surface area (Å²) in [6.45, 7) is 9.34. The lowest BCUT2D eigenvalue weighted by Crippen LogP contribution is -2.34. The summed E-state index contributed by atoms with van der Waals surface area (Å²) in [5.74, 6) is 1.67. The predicted molar refractivity (Wildman–Crippen MR) is 86.5 cm³/mol. The Morgan fingerprint density at radius 3 is 2.25 bits per heavy atom. The number of hydrogen-bond acceptors (Lipinski definition) is 2. The van der Waals surface area contributed by atoms with Crippen molar-refractivity contribution in [3.05, 3.63) is 0 Å². The van der Waals surface area contributed by atoms with Crippen LogP contribution in [0.5, 0.6) is 0 Å². The maximum atomic E-state index is 6.30. The number of ether oxygens (including phenoxy) is 2. The molecule has 0 aromatic rings. The lowest BCUT2D eigenvalue weighted by atomic mass is 9.63. The van der Waals surface area contributed by atoms with E-state index in [0.29, 0.717) is 24.0 Å². The molecule has 0 spiro atoms. The van der Waals surface area contributed by atoms with Gasteiger partial charge < -0.3 is 9.47 Å². The van der Waals surface area contributed by atoms with Gasteiger partial charge in [-0.1, -0.05) is 20.8 Å². The molecule has 120 valence electrons. The van der Waals surface area contributed by atoms with Crippen LogP contribution in [0.25, 0.3) is 0 Å².